The maximum Gasteiger partial charge on any atom is 0.223 e. The summed E-state index contributed by atoms with van der Waals surface area (Å²) in [5.41, 5.74) is 0.612. The van der Waals surface area contributed by atoms with Gasteiger partial charge in [0.2, 0.25) is 11.8 Å². The van der Waals surface area contributed by atoms with Crippen LogP contribution in [0.15, 0.2) is 73.1 Å². The summed E-state index contributed by atoms with van der Waals surface area (Å²) in [6.45, 7) is 2.79. The third kappa shape index (κ3) is 7.83. The molecular weight excluding hydrogens is 488 g/mol. The number of hydrogen-bond donors (Lipinski definition) is 0. The molecule has 3 aromatic rings. The predicted molar refractivity (Wildman–Crippen MR) is 144 cm³/mol. The van der Waals surface area contributed by atoms with Crippen LogP contribution in [0, 0.1) is 5.41 Å². The van der Waals surface area contributed by atoms with Gasteiger partial charge in [-0.2, -0.15) is 5.10 Å². The average molecular weight is 523 g/mol. The SMILES string of the molecule is CN(Cc1ccccc1)C(=O)CC1(COc2cccc(Cl)c2)CCCN(C(=O)CCCn2cccn2)C1. The van der Waals surface area contributed by atoms with Gasteiger partial charge in [0.1, 0.15) is 5.75 Å². The minimum absolute atomic E-state index is 0.0477. The second-order valence-electron chi connectivity index (χ2n) is 9.95. The van der Waals surface area contributed by atoms with Crippen molar-refractivity contribution in [1.29, 1.82) is 0 Å². The van der Waals surface area contributed by atoms with E-state index < -0.39 is 5.41 Å². The first kappa shape index (κ1) is 26.7. The van der Waals surface area contributed by atoms with Crippen LogP contribution < -0.4 is 4.74 Å². The molecule has 0 aliphatic carbocycles. The molecule has 1 aromatic heterocycles. The number of nitrogens with zero attached hydrogens (tertiary/aromatic N) is 4. The lowest BCUT2D eigenvalue weighted by atomic mass is 9.77. The highest BCUT2D eigenvalue weighted by molar-refractivity contribution is 6.30. The maximum atomic E-state index is 13.4. The molecule has 37 heavy (non-hydrogen) atoms. The largest absolute Gasteiger partial charge is 0.493 e. The minimum atomic E-state index is -0.472. The number of amides is 2. The van der Waals surface area contributed by atoms with Gasteiger partial charge < -0.3 is 14.5 Å². The van der Waals surface area contributed by atoms with Crippen molar-refractivity contribution >= 4 is 23.4 Å². The third-order valence-electron chi connectivity index (χ3n) is 6.91. The van der Waals surface area contributed by atoms with E-state index >= 15 is 0 Å². The minimum Gasteiger partial charge on any atom is -0.493 e. The van der Waals surface area contributed by atoms with Crippen LogP contribution in [0.4, 0.5) is 0 Å². The van der Waals surface area contributed by atoms with Crippen LogP contribution in [0.2, 0.25) is 5.02 Å². The van der Waals surface area contributed by atoms with Crippen LogP contribution in [0.25, 0.3) is 0 Å². The molecule has 1 atom stereocenters. The van der Waals surface area contributed by atoms with E-state index in [-0.39, 0.29) is 11.8 Å². The Morgan fingerprint density at radius 1 is 1.14 bits per heavy atom. The Labute approximate surface area is 224 Å². The molecule has 1 aliphatic heterocycles. The number of carbonyl (C=O) groups excluding carboxylic acids is 2. The number of likely N-dealkylation sites (tertiary alicyclic amines) is 1. The fraction of sp³-hybridized carbons (Fsp3) is 0.414. The van der Waals surface area contributed by atoms with Gasteiger partial charge in [0.25, 0.3) is 0 Å². The van der Waals surface area contributed by atoms with E-state index in [1.54, 1.807) is 23.2 Å². The first-order valence-electron chi connectivity index (χ1n) is 12.8. The molecule has 1 aliphatic rings. The molecule has 8 heteroatoms. The van der Waals surface area contributed by atoms with Gasteiger partial charge in [-0.15, -0.1) is 0 Å². The molecule has 0 spiro atoms. The predicted octanol–water partition coefficient (Wildman–Crippen LogP) is 5.05. The Morgan fingerprint density at radius 2 is 1.97 bits per heavy atom. The smallest absolute Gasteiger partial charge is 0.223 e. The average Bonchev–Trinajstić information content (AvgIpc) is 3.42. The number of carbonyl (C=O) groups is 2. The first-order chi connectivity index (χ1) is 17.9. The van der Waals surface area contributed by atoms with Gasteiger partial charge in [-0.05, 0) is 49.1 Å². The number of ether oxygens (including phenoxy) is 1. The summed E-state index contributed by atoms with van der Waals surface area (Å²) in [4.78, 5) is 30.2. The van der Waals surface area contributed by atoms with Crippen molar-refractivity contribution in [1.82, 2.24) is 19.6 Å². The molecule has 1 fully saturated rings. The van der Waals surface area contributed by atoms with Gasteiger partial charge in [-0.25, -0.2) is 0 Å². The molecule has 7 nitrogen and oxygen atoms in total. The van der Waals surface area contributed by atoms with Gasteiger partial charge in [-0.3, -0.25) is 14.3 Å². The maximum absolute atomic E-state index is 13.4. The number of hydrogen-bond acceptors (Lipinski definition) is 4. The number of piperidine rings is 1. The van der Waals surface area contributed by atoms with E-state index in [0.717, 1.165) is 24.8 Å². The van der Waals surface area contributed by atoms with E-state index in [1.807, 2.05) is 71.4 Å². The molecular formula is C29H35ClN4O3. The lowest BCUT2D eigenvalue weighted by Gasteiger charge is -2.43. The summed E-state index contributed by atoms with van der Waals surface area (Å²) in [5.74, 6) is 0.829. The number of rotatable bonds is 11. The second-order valence-corrected chi connectivity index (χ2v) is 10.4. The molecule has 1 saturated heterocycles. The molecule has 2 aromatic carbocycles. The first-order valence-corrected chi connectivity index (χ1v) is 13.2. The Bertz CT molecular complexity index is 1150. The molecule has 2 heterocycles. The van der Waals surface area contributed by atoms with Crippen LogP contribution in [-0.2, 0) is 22.7 Å². The summed E-state index contributed by atoms with van der Waals surface area (Å²) < 4.78 is 8.02. The number of halogens is 1. The zero-order valence-electron chi connectivity index (χ0n) is 21.4. The summed E-state index contributed by atoms with van der Waals surface area (Å²) in [6.07, 6.45) is 6.78. The van der Waals surface area contributed by atoms with Crippen molar-refractivity contribution in [3.05, 3.63) is 83.6 Å². The molecule has 0 radical (unpaired) electrons. The zero-order chi connectivity index (χ0) is 26.1. The van der Waals surface area contributed by atoms with Gasteiger partial charge in [0, 0.05) is 68.9 Å². The van der Waals surface area contributed by atoms with Crippen molar-refractivity contribution in [3.8, 4) is 5.75 Å². The molecule has 0 saturated carbocycles. The number of aryl methyl sites for hydroxylation is 1. The summed E-state index contributed by atoms with van der Waals surface area (Å²) >= 11 is 6.15. The summed E-state index contributed by atoms with van der Waals surface area (Å²) in [7, 11) is 1.84. The molecule has 4 rings (SSSR count). The highest BCUT2D eigenvalue weighted by Crippen LogP contribution is 2.36. The monoisotopic (exact) mass is 522 g/mol. The summed E-state index contributed by atoms with van der Waals surface area (Å²) in [6, 6.07) is 19.1. The van der Waals surface area contributed by atoms with E-state index in [2.05, 4.69) is 5.10 Å². The van der Waals surface area contributed by atoms with Crippen LogP contribution in [0.1, 0.15) is 37.7 Å². The van der Waals surface area contributed by atoms with Crippen LogP contribution in [0.5, 0.6) is 5.75 Å². The highest BCUT2D eigenvalue weighted by Gasteiger charge is 2.40. The van der Waals surface area contributed by atoms with Crippen molar-refractivity contribution in [3.63, 3.8) is 0 Å². The van der Waals surface area contributed by atoms with Gasteiger partial charge in [0.05, 0.1) is 6.61 Å². The lowest BCUT2D eigenvalue weighted by Crippen LogP contribution is -2.50. The molecule has 196 valence electrons. The third-order valence-corrected chi connectivity index (χ3v) is 7.14. The van der Waals surface area contributed by atoms with Crippen LogP contribution >= 0.6 is 11.6 Å². The van der Waals surface area contributed by atoms with E-state index in [0.29, 0.717) is 56.4 Å². The lowest BCUT2D eigenvalue weighted by molar-refractivity contribution is -0.141. The molecule has 0 bridgehead atoms. The Balaban J connectivity index is 1.43. The Kier molecular flexibility index (Phi) is 9.23. The number of aromatic nitrogens is 2. The van der Waals surface area contributed by atoms with Crippen molar-refractivity contribution < 1.29 is 14.3 Å². The number of benzene rings is 2. The van der Waals surface area contributed by atoms with E-state index in [1.165, 1.54) is 0 Å². The standard InChI is InChI=1S/C29H35ClN4O3/c1-32(21-24-9-3-2-4-10-24)28(36)20-29(23-37-26-12-5-11-25(30)19-26)14-7-16-33(22-29)27(35)13-6-17-34-18-8-15-31-34/h2-5,8-12,15,18-19H,6-7,13-14,16-17,20-23H2,1H3. The van der Waals surface area contributed by atoms with Gasteiger partial charge in [0.15, 0.2) is 0 Å². The van der Waals surface area contributed by atoms with Crippen molar-refractivity contribution in [2.45, 2.75) is 45.2 Å². The highest BCUT2D eigenvalue weighted by atomic mass is 35.5. The van der Waals surface area contributed by atoms with E-state index in [9.17, 15) is 9.59 Å². The molecule has 1 unspecified atom stereocenters. The van der Waals surface area contributed by atoms with Gasteiger partial charge in [-0.1, -0.05) is 48.0 Å². The Morgan fingerprint density at radius 3 is 2.73 bits per heavy atom. The van der Waals surface area contributed by atoms with Crippen LogP contribution in [-0.4, -0.2) is 58.1 Å². The fourth-order valence-electron chi connectivity index (χ4n) is 4.91. The van der Waals surface area contributed by atoms with Crippen molar-refractivity contribution in [2.24, 2.45) is 5.41 Å². The van der Waals surface area contributed by atoms with Gasteiger partial charge >= 0.3 is 0 Å². The van der Waals surface area contributed by atoms with Crippen LogP contribution in [0.3, 0.4) is 0 Å². The van der Waals surface area contributed by atoms with E-state index in [4.69, 9.17) is 16.3 Å². The Hall–Kier alpha value is -3.32. The zero-order valence-corrected chi connectivity index (χ0v) is 22.1. The fourth-order valence-corrected chi connectivity index (χ4v) is 5.09. The molecule has 2 amide bonds. The summed E-state index contributed by atoms with van der Waals surface area (Å²) in [5, 5.41) is 4.81. The normalized spacial score (nSPS) is 17.4. The topological polar surface area (TPSA) is 67.7 Å². The quantitative estimate of drug-likeness (QED) is 0.353. The van der Waals surface area contributed by atoms with Crippen molar-refractivity contribution in [2.75, 3.05) is 26.7 Å². The second kappa shape index (κ2) is 12.8. The molecule has 0 N–H and O–H groups in total.